The molecule has 0 fully saturated rings. The number of fused-ring (bicyclic) bond motifs is 1. The number of aliphatic hydroxyl groups excluding tert-OH is 1. The Morgan fingerprint density at radius 2 is 2.12 bits per heavy atom. The molecule has 0 aromatic heterocycles. The van der Waals surface area contributed by atoms with E-state index in [0.717, 1.165) is 27.8 Å². The van der Waals surface area contributed by atoms with E-state index in [4.69, 9.17) is 21.1 Å². The third kappa shape index (κ3) is 6.93. The fourth-order valence-electron chi connectivity index (χ4n) is 3.99. The molecule has 0 spiro atoms. The maximum atomic E-state index is 12.2. The van der Waals surface area contributed by atoms with Crippen LogP contribution in [-0.4, -0.2) is 49.0 Å². The minimum absolute atomic E-state index is 0.00222. The smallest absolute Gasteiger partial charge is 0.246 e. The summed E-state index contributed by atoms with van der Waals surface area (Å²) in [6.45, 7) is 4.33. The number of amides is 1. The van der Waals surface area contributed by atoms with Gasteiger partial charge >= 0.3 is 0 Å². The van der Waals surface area contributed by atoms with Crippen molar-refractivity contribution in [3.8, 4) is 5.75 Å². The highest BCUT2D eigenvalue weighted by atomic mass is 79.9. The second kappa shape index (κ2) is 11.0. The van der Waals surface area contributed by atoms with Crippen molar-refractivity contribution in [2.45, 2.75) is 50.5 Å². The number of hydrogen-bond acceptors (Lipinski definition) is 5. The molecule has 32 heavy (non-hydrogen) atoms. The third-order valence-electron chi connectivity index (χ3n) is 5.43. The van der Waals surface area contributed by atoms with Crippen LogP contribution in [0.5, 0.6) is 5.75 Å². The van der Waals surface area contributed by atoms with E-state index in [1.165, 1.54) is 7.11 Å². The summed E-state index contributed by atoms with van der Waals surface area (Å²) in [4.78, 5) is 12.2. The van der Waals surface area contributed by atoms with Crippen molar-refractivity contribution in [1.29, 1.82) is 0 Å². The standard InChI is InChI=1S/C24H30BrClN2O4/c1-24(2)12-20(18-11-16(25)7-8-22(18)32-24)27-13-21(29)19(28-23(30)14-31-3)10-15-5-4-6-17(26)9-15/h4-9,11,19-21,27,29H,10,12-14H2,1-3H3,(H,28,30)/t19-,20-,21+/m0/s1. The first-order valence-electron chi connectivity index (χ1n) is 10.6. The summed E-state index contributed by atoms with van der Waals surface area (Å²) in [7, 11) is 1.46. The van der Waals surface area contributed by atoms with E-state index in [1.54, 1.807) is 6.07 Å². The molecule has 6 nitrogen and oxygen atoms in total. The van der Waals surface area contributed by atoms with Crippen LogP contribution < -0.4 is 15.4 Å². The highest BCUT2D eigenvalue weighted by molar-refractivity contribution is 9.10. The summed E-state index contributed by atoms with van der Waals surface area (Å²) in [5.41, 5.74) is 1.64. The van der Waals surface area contributed by atoms with Crippen LogP contribution in [0.4, 0.5) is 0 Å². The van der Waals surface area contributed by atoms with Gasteiger partial charge in [0.15, 0.2) is 0 Å². The summed E-state index contributed by atoms with van der Waals surface area (Å²) in [5, 5.41) is 18.0. The Balaban J connectivity index is 1.73. The van der Waals surface area contributed by atoms with Crippen LogP contribution in [-0.2, 0) is 16.0 Å². The Bertz CT molecular complexity index is 940. The number of benzene rings is 2. The summed E-state index contributed by atoms with van der Waals surface area (Å²) < 4.78 is 12.0. The molecule has 0 radical (unpaired) electrons. The van der Waals surface area contributed by atoms with Gasteiger partial charge in [0.2, 0.25) is 5.91 Å². The predicted molar refractivity (Wildman–Crippen MR) is 129 cm³/mol. The van der Waals surface area contributed by atoms with Gasteiger partial charge in [-0.05, 0) is 56.2 Å². The molecule has 8 heteroatoms. The number of methoxy groups -OCH3 is 1. The number of rotatable bonds is 9. The summed E-state index contributed by atoms with van der Waals surface area (Å²) in [6, 6.07) is 12.9. The first-order chi connectivity index (χ1) is 15.2. The molecule has 3 rings (SSSR count). The summed E-state index contributed by atoms with van der Waals surface area (Å²) >= 11 is 9.65. The van der Waals surface area contributed by atoms with Crippen LogP contribution in [0, 0.1) is 0 Å². The van der Waals surface area contributed by atoms with Gasteiger partial charge in [-0.25, -0.2) is 0 Å². The Labute approximate surface area is 202 Å². The van der Waals surface area contributed by atoms with Gasteiger partial charge in [-0.1, -0.05) is 39.7 Å². The fraction of sp³-hybridized carbons (Fsp3) is 0.458. The lowest BCUT2D eigenvalue weighted by atomic mass is 9.89. The second-order valence-corrected chi connectivity index (χ2v) is 10.1. The Morgan fingerprint density at radius 3 is 2.84 bits per heavy atom. The molecular formula is C24H30BrClN2O4. The van der Waals surface area contributed by atoms with E-state index in [-0.39, 0.29) is 24.2 Å². The van der Waals surface area contributed by atoms with Crippen LogP contribution in [0.1, 0.15) is 37.4 Å². The van der Waals surface area contributed by atoms with Gasteiger partial charge in [0, 0.05) is 41.2 Å². The zero-order valence-electron chi connectivity index (χ0n) is 18.5. The highest BCUT2D eigenvalue weighted by Gasteiger charge is 2.34. The first kappa shape index (κ1) is 25.0. The molecule has 174 valence electrons. The van der Waals surface area contributed by atoms with Crippen molar-refractivity contribution in [2.75, 3.05) is 20.3 Å². The topological polar surface area (TPSA) is 79.8 Å². The fourth-order valence-corrected chi connectivity index (χ4v) is 4.59. The van der Waals surface area contributed by atoms with E-state index in [2.05, 4.69) is 40.4 Å². The summed E-state index contributed by atoms with van der Waals surface area (Å²) in [6.07, 6.45) is 0.370. The van der Waals surface area contributed by atoms with Crippen LogP contribution in [0.25, 0.3) is 0 Å². The minimum Gasteiger partial charge on any atom is -0.487 e. The van der Waals surface area contributed by atoms with Crippen molar-refractivity contribution in [1.82, 2.24) is 10.6 Å². The van der Waals surface area contributed by atoms with E-state index >= 15 is 0 Å². The maximum Gasteiger partial charge on any atom is 0.246 e. The number of halogens is 2. The molecule has 2 aromatic carbocycles. The van der Waals surface area contributed by atoms with Gasteiger partial charge in [0.25, 0.3) is 0 Å². The average molecular weight is 526 g/mol. The van der Waals surface area contributed by atoms with E-state index in [1.807, 2.05) is 36.4 Å². The zero-order valence-corrected chi connectivity index (χ0v) is 20.9. The molecule has 3 atom stereocenters. The predicted octanol–water partition coefficient (Wildman–Crippen LogP) is 4.03. The van der Waals surface area contributed by atoms with Crippen LogP contribution in [0.2, 0.25) is 5.02 Å². The number of carbonyl (C=O) groups excluding carboxylic acids is 1. The molecule has 1 aliphatic heterocycles. The molecule has 0 bridgehead atoms. The molecule has 0 saturated carbocycles. The number of ether oxygens (including phenoxy) is 2. The van der Waals surface area contributed by atoms with Gasteiger partial charge in [-0.2, -0.15) is 0 Å². The van der Waals surface area contributed by atoms with Crippen LogP contribution in [0.15, 0.2) is 46.9 Å². The lowest BCUT2D eigenvalue weighted by molar-refractivity contribution is -0.126. The van der Waals surface area contributed by atoms with Gasteiger partial charge in [0.05, 0.1) is 12.1 Å². The number of hydrogen-bond donors (Lipinski definition) is 3. The molecule has 1 aliphatic rings. The van der Waals surface area contributed by atoms with Crippen molar-refractivity contribution in [3.63, 3.8) is 0 Å². The van der Waals surface area contributed by atoms with Crippen molar-refractivity contribution < 1.29 is 19.4 Å². The van der Waals surface area contributed by atoms with Crippen LogP contribution >= 0.6 is 27.5 Å². The number of aliphatic hydroxyl groups is 1. The van der Waals surface area contributed by atoms with E-state index < -0.39 is 12.1 Å². The molecule has 2 aromatic rings. The maximum absolute atomic E-state index is 12.2. The molecule has 0 unspecified atom stereocenters. The van der Waals surface area contributed by atoms with E-state index in [9.17, 15) is 9.90 Å². The third-order valence-corrected chi connectivity index (χ3v) is 6.16. The normalized spacial score (nSPS) is 18.9. The Hall–Kier alpha value is -1.64. The molecule has 0 saturated heterocycles. The van der Waals surface area contributed by atoms with Crippen molar-refractivity contribution in [2.24, 2.45) is 0 Å². The van der Waals surface area contributed by atoms with Gasteiger partial charge in [0.1, 0.15) is 18.0 Å². The van der Waals surface area contributed by atoms with Gasteiger partial charge < -0.3 is 25.2 Å². The minimum atomic E-state index is -0.823. The van der Waals surface area contributed by atoms with E-state index in [0.29, 0.717) is 18.0 Å². The highest BCUT2D eigenvalue weighted by Crippen LogP contribution is 2.40. The lowest BCUT2D eigenvalue weighted by Gasteiger charge is -2.38. The molecule has 3 N–H and O–H groups in total. The average Bonchev–Trinajstić information content (AvgIpc) is 2.71. The van der Waals surface area contributed by atoms with Crippen molar-refractivity contribution >= 4 is 33.4 Å². The number of nitrogens with one attached hydrogen (secondary N) is 2. The zero-order chi connectivity index (χ0) is 23.3. The van der Waals surface area contributed by atoms with Gasteiger partial charge in [-0.15, -0.1) is 0 Å². The first-order valence-corrected chi connectivity index (χ1v) is 11.8. The lowest BCUT2D eigenvalue weighted by Crippen LogP contribution is -2.50. The van der Waals surface area contributed by atoms with Gasteiger partial charge in [-0.3, -0.25) is 4.79 Å². The monoisotopic (exact) mass is 524 g/mol. The molecule has 0 aliphatic carbocycles. The largest absolute Gasteiger partial charge is 0.487 e. The SMILES string of the molecule is COCC(=O)N[C@@H](Cc1cccc(Cl)c1)[C@H](O)CN[C@H]1CC(C)(C)Oc2ccc(Br)cc21. The number of carbonyl (C=O) groups is 1. The second-order valence-electron chi connectivity index (χ2n) is 8.72. The Kier molecular flexibility index (Phi) is 8.58. The molecule has 1 heterocycles. The Morgan fingerprint density at radius 1 is 1.34 bits per heavy atom. The molecular weight excluding hydrogens is 496 g/mol. The summed E-state index contributed by atoms with van der Waals surface area (Å²) in [5.74, 6) is 0.556. The molecule has 1 amide bonds. The van der Waals surface area contributed by atoms with Crippen LogP contribution in [0.3, 0.4) is 0 Å². The quantitative estimate of drug-likeness (QED) is 0.461. The van der Waals surface area contributed by atoms with Crippen molar-refractivity contribution in [3.05, 3.63) is 63.1 Å².